The van der Waals surface area contributed by atoms with Gasteiger partial charge in [0, 0.05) is 10.7 Å². The van der Waals surface area contributed by atoms with E-state index in [9.17, 15) is 21.2 Å². The van der Waals surface area contributed by atoms with Crippen LogP contribution < -0.4 is 0 Å². The van der Waals surface area contributed by atoms with Crippen LogP contribution in [0, 0.1) is 5.82 Å². The van der Waals surface area contributed by atoms with Gasteiger partial charge in [0.1, 0.15) is 10.7 Å². The second kappa shape index (κ2) is 4.55. The Morgan fingerprint density at radius 2 is 1.71 bits per heavy atom. The average Bonchev–Trinajstić information content (AvgIpc) is 2.15. The van der Waals surface area contributed by atoms with Gasteiger partial charge in [-0.1, -0.05) is 0 Å². The summed E-state index contributed by atoms with van der Waals surface area (Å²) in [7, 11) is -2.84. The van der Waals surface area contributed by atoms with Crippen LogP contribution in [0.1, 0.15) is 13.8 Å². The molecule has 0 unspecified atom stereocenters. The van der Waals surface area contributed by atoms with Crippen molar-refractivity contribution in [2.75, 3.05) is 0 Å². The molecule has 0 amide bonds. The summed E-state index contributed by atoms with van der Waals surface area (Å²) in [6.07, 6.45) is 0. The number of rotatable bonds is 3. The van der Waals surface area contributed by atoms with E-state index in [1.165, 1.54) is 13.8 Å². The molecule has 0 saturated heterocycles. The molecule has 0 N–H and O–H groups in total. The summed E-state index contributed by atoms with van der Waals surface area (Å²) >= 11 is 0. The summed E-state index contributed by atoms with van der Waals surface area (Å²) < 4.78 is 58.8. The molecule has 0 aliphatic carbocycles. The third-order valence-corrected chi connectivity index (χ3v) is 5.65. The molecular weight excluding hydrogens is 291 g/mol. The summed E-state index contributed by atoms with van der Waals surface area (Å²) in [6, 6.07) is 2.46. The van der Waals surface area contributed by atoms with Crippen LogP contribution in [0.5, 0.6) is 0 Å². The molecule has 0 saturated carbocycles. The molecule has 0 heterocycles. The lowest BCUT2D eigenvalue weighted by Crippen LogP contribution is -2.15. The second-order valence-corrected chi connectivity index (χ2v) is 8.66. The molecule has 0 spiro atoms. The van der Waals surface area contributed by atoms with Gasteiger partial charge in [0.2, 0.25) is 0 Å². The molecule has 0 fully saturated rings. The van der Waals surface area contributed by atoms with Gasteiger partial charge in [-0.05, 0) is 32.0 Å². The van der Waals surface area contributed by atoms with Gasteiger partial charge in [-0.15, -0.1) is 0 Å². The SMILES string of the molecule is CC(C)S(=O)(=O)c1ccc(S(=O)(=O)Cl)cc1F. The molecule has 4 nitrogen and oxygen atoms in total. The minimum atomic E-state index is -4.07. The van der Waals surface area contributed by atoms with E-state index in [2.05, 4.69) is 0 Å². The molecule has 0 bridgehead atoms. The Kier molecular flexibility index (Phi) is 3.85. The Morgan fingerprint density at radius 1 is 1.18 bits per heavy atom. The lowest BCUT2D eigenvalue weighted by molar-refractivity contribution is 0.557. The maximum atomic E-state index is 13.5. The van der Waals surface area contributed by atoms with E-state index in [-0.39, 0.29) is 0 Å². The van der Waals surface area contributed by atoms with Crippen LogP contribution in [0.2, 0.25) is 0 Å². The van der Waals surface area contributed by atoms with Crippen LogP contribution in [0.4, 0.5) is 4.39 Å². The van der Waals surface area contributed by atoms with Crippen molar-refractivity contribution in [2.24, 2.45) is 0 Å². The highest BCUT2D eigenvalue weighted by atomic mass is 35.7. The highest BCUT2D eigenvalue weighted by Crippen LogP contribution is 2.24. The smallest absolute Gasteiger partial charge is 0.223 e. The lowest BCUT2D eigenvalue weighted by Gasteiger charge is -2.09. The first-order chi connectivity index (χ1) is 7.56. The molecule has 1 aromatic rings. The van der Waals surface area contributed by atoms with Gasteiger partial charge in [0.25, 0.3) is 9.05 Å². The maximum absolute atomic E-state index is 13.5. The van der Waals surface area contributed by atoms with Crippen LogP contribution in [-0.4, -0.2) is 22.1 Å². The quantitative estimate of drug-likeness (QED) is 0.800. The number of benzene rings is 1. The molecule has 0 radical (unpaired) electrons. The van der Waals surface area contributed by atoms with E-state index in [1.807, 2.05) is 0 Å². The van der Waals surface area contributed by atoms with Crippen molar-refractivity contribution in [2.45, 2.75) is 28.9 Å². The summed E-state index contributed by atoms with van der Waals surface area (Å²) in [5.41, 5.74) is 0. The van der Waals surface area contributed by atoms with Crippen molar-refractivity contribution in [1.82, 2.24) is 0 Å². The van der Waals surface area contributed by atoms with E-state index in [0.29, 0.717) is 6.07 Å². The standard InChI is InChI=1S/C9H10ClFO4S2/c1-6(2)16(12,13)9-4-3-7(5-8(9)11)17(10,14)15/h3-6H,1-2H3. The minimum Gasteiger partial charge on any atom is -0.223 e. The van der Waals surface area contributed by atoms with Crippen LogP contribution >= 0.6 is 10.7 Å². The highest BCUT2D eigenvalue weighted by Gasteiger charge is 2.24. The average molecular weight is 301 g/mol. The van der Waals surface area contributed by atoms with Crippen molar-refractivity contribution in [1.29, 1.82) is 0 Å². The van der Waals surface area contributed by atoms with E-state index in [0.717, 1.165) is 12.1 Å². The van der Waals surface area contributed by atoms with Gasteiger partial charge >= 0.3 is 0 Å². The van der Waals surface area contributed by atoms with Gasteiger partial charge in [-0.25, -0.2) is 21.2 Å². The Bertz CT molecular complexity index is 635. The lowest BCUT2D eigenvalue weighted by atomic mass is 10.3. The second-order valence-electron chi connectivity index (χ2n) is 3.62. The number of hydrogen-bond donors (Lipinski definition) is 0. The van der Waals surface area contributed by atoms with Crippen molar-refractivity contribution in [3.05, 3.63) is 24.0 Å². The molecule has 0 aliphatic rings. The van der Waals surface area contributed by atoms with Crippen LogP contribution in [0.25, 0.3) is 0 Å². The fourth-order valence-electron chi connectivity index (χ4n) is 1.12. The van der Waals surface area contributed by atoms with Gasteiger partial charge in [0.15, 0.2) is 9.84 Å². The summed E-state index contributed by atoms with van der Waals surface area (Å²) in [5, 5.41) is -0.796. The Morgan fingerprint density at radius 3 is 2.06 bits per heavy atom. The zero-order valence-electron chi connectivity index (χ0n) is 9.01. The molecular formula is C9H10ClFO4S2. The first-order valence-electron chi connectivity index (χ1n) is 4.55. The predicted molar refractivity (Wildman–Crippen MR) is 61.8 cm³/mol. The maximum Gasteiger partial charge on any atom is 0.261 e. The fraction of sp³-hybridized carbons (Fsp3) is 0.333. The van der Waals surface area contributed by atoms with Gasteiger partial charge < -0.3 is 0 Å². The molecule has 96 valence electrons. The molecule has 0 aliphatic heterocycles. The van der Waals surface area contributed by atoms with Crippen LogP contribution in [-0.2, 0) is 18.9 Å². The Labute approximate surface area is 104 Å². The number of halogens is 2. The summed E-state index contributed by atoms with van der Waals surface area (Å²) in [6.45, 7) is 2.81. The summed E-state index contributed by atoms with van der Waals surface area (Å²) in [5.74, 6) is -1.12. The molecule has 0 aromatic heterocycles. The van der Waals surface area contributed by atoms with Gasteiger partial charge in [0.05, 0.1) is 10.1 Å². The molecule has 0 atom stereocenters. The molecule has 1 aromatic carbocycles. The third kappa shape index (κ3) is 2.97. The molecule has 8 heteroatoms. The fourth-order valence-corrected chi connectivity index (χ4v) is 2.98. The van der Waals surface area contributed by atoms with E-state index in [4.69, 9.17) is 10.7 Å². The van der Waals surface area contributed by atoms with E-state index in [1.54, 1.807) is 0 Å². The monoisotopic (exact) mass is 300 g/mol. The van der Waals surface area contributed by atoms with E-state index < -0.39 is 39.7 Å². The normalized spacial score (nSPS) is 13.0. The third-order valence-electron chi connectivity index (χ3n) is 2.11. The minimum absolute atomic E-state index is 0.473. The van der Waals surface area contributed by atoms with Crippen molar-refractivity contribution in [3.8, 4) is 0 Å². The van der Waals surface area contributed by atoms with Crippen LogP contribution in [0.15, 0.2) is 28.0 Å². The topological polar surface area (TPSA) is 68.3 Å². The van der Waals surface area contributed by atoms with Crippen molar-refractivity contribution in [3.63, 3.8) is 0 Å². The number of sulfone groups is 1. The zero-order valence-corrected chi connectivity index (χ0v) is 11.4. The number of hydrogen-bond acceptors (Lipinski definition) is 4. The van der Waals surface area contributed by atoms with Gasteiger partial charge in [-0.2, -0.15) is 0 Å². The molecule has 17 heavy (non-hydrogen) atoms. The largest absolute Gasteiger partial charge is 0.261 e. The van der Waals surface area contributed by atoms with Crippen LogP contribution in [0.3, 0.4) is 0 Å². The van der Waals surface area contributed by atoms with Gasteiger partial charge in [-0.3, -0.25) is 0 Å². The first-order valence-corrected chi connectivity index (χ1v) is 8.40. The predicted octanol–water partition coefficient (Wildman–Crippen LogP) is 1.94. The first kappa shape index (κ1) is 14.4. The molecule has 1 rings (SSSR count). The van der Waals surface area contributed by atoms with Crippen molar-refractivity contribution < 1.29 is 21.2 Å². The zero-order chi connectivity index (χ0) is 13.4. The Balaban J connectivity index is 3.45. The van der Waals surface area contributed by atoms with E-state index >= 15 is 0 Å². The van der Waals surface area contributed by atoms with Crippen molar-refractivity contribution >= 4 is 29.6 Å². The summed E-state index contributed by atoms with van der Waals surface area (Å²) in [4.78, 5) is -1.00. The Hall–Kier alpha value is -0.660. The highest BCUT2D eigenvalue weighted by molar-refractivity contribution is 8.13.